The first-order valence-corrected chi connectivity index (χ1v) is 7.30. The Morgan fingerprint density at radius 2 is 2.37 bits per heavy atom. The van der Waals surface area contributed by atoms with E-state index in [1.165, 1.54) is 13.0 Å². The monoisotopic (exact) mass is 288 g/mol. The SMILES string of the molecule is C[PH](=O)OC[C@H]1O[C@@H](n2cnc(C#N)n2)[C@H](O)[C@@H]1O. The fourth-order valence-electron chi connectivity index (χ4n) is 1.73. The van der Waals surface area contributed by atoms with Crippen LogP contribution >= 0.6 is 8.03 Å². The van der Waals surface area contributed by atoms with E-state index < -0.39 is 32.6 Å². The van der Waals surface area contributed by atoms with Crippen molar-refractivity contribution in [3.63, 3.8) is 0 Å². The Hall–Kier alpha value is -1.30. The van der Waals surface area contributed by atoms with Gasteiger partial charge in [0.2, 0.25) is 0 Å². The lowest BCUT2D eigenvalue weighted by molar-refractivity contribution is -0.0548. The molecule has 19 heavy (non-hydrogen) atoms. The number of aromatic nitrogens is 3. The molecule has 1 aliphatic heterocycles. The quantitative estimate of drug-likeness (QED) is 0.667. The van der Waals surface area contributed by atoms with Crippen LogP contribution in [0.2, 0.25) is 0 Å². The van der Waals surface area contributed by atoms with Crippen LogP contribution in [-0.4, -0.2) is 56.6 Å². The zero-order valence-corrected chi connectivity index (χ0v) is 11.0. The first kappa shape index (κ1) is 14.1. The van der Waals surface area contributed by atoms with Crippen LogP contribution in [0, 0.1) is 11.3 Å². The molecule has 1 unspecified atom stereocenters. The standard InChI is InChI=1S/C9H13N4O5P/c1-19(16)17-3-5-7(14)8(15)9(18-5)13-4-11-6(2-10)12-13/h4-5,7-9,14-15,19H,3H2,1H3/t5-,7-,8-,9-/m1/s1. The zero-order chi connectivity index (χ0) is 14.0. The number of hydrogen-bond donors (Lipinski definition) is 2. The van der Waals surface area contributed by atoms with Crippen molar-refractivity contribution in [1.29, 1.82) is 5.26 Å². The van der Waals surface area contributed by atoms with Gasteiger partial charge in [-0.1, -0.05) is 0 Å². The summed E-state index contributed by atoms with van der Waals surface area (Å²) in [6, 6.07) is 1.74. The molecule has 5 atom stereocenters. The van der Waals surface area contributed by atoms with Crippen molar-refractivity contribution in [3.05, 3.63) is 12.2 Å². The fraction of sp³-hybridized carbons (Fsp3) is 0.667. The van der Waals surface area contributed by atoms with E-state index in [4.69, 9.17) is 14.5 Å². The van der Waals surface area contributed by atoms with Crippen LogP contribution in [0.25, 0.3) is 0 Å². The maximum atomic E-state index is 10.9. The first-order chi connectivity index (χ1) is 9.02. The largest absolute Gasteiger partial charge is 0.387 e. The van der Waals surface area contributed by atoms with E-state index in [-0.39, 0.29) is 12.4 Å². The summed E-state index contributed by atoms with van der Waals surface area (Å²) in [5, 5.41) is 32.0. The highest BCUT2D eigenvalue weighted by Crippen LogP contribution is 2.30. The second-order valence-electron chi connectivity index (χ2n) is 4.01. The summed E-state index contributed by atoms with van der Waals surface area (Å²) in [7, 11) is -2.14. The van der Waals surface area contributed by atoms with Gasteiger partial charge in [0.25, 0.3) is 5.82 Å². The Morgan fingerprint density at radius 3 is 2.95 bits per heavy atom. The second kappa shape index (κ2) is 5.77. The molecule has 0 aromatic carbocycles. The molecule has 0 bridgehead atoms. The molecular formula is C9H13N4O5P. The fourth-order valence-corrected chi connectivity index (χ4v) is 2.13. The summed E-state index contributed by atoms with van der Waals surface area (Å²) < 4.78 is 22.3. The normalized spacial score (nSPS) is 32.1. The summed E-state index contributed by atoms with van der Waals surface area (Å²) >= 11 is 0. The number of aliphatic hydroxyl groups is 2. The predicted molar refractivity (Wildman–Crippen MR) is 61.5 cm³/mol. The molecule has 9 nitrogen and oxygen atoms in total. The van der Waals surface area contributed by atoms with Gasteiger partial charge in [-0.2, -0.15) is 5.26 Å². The van der Waals surface area contributed by atoms with Gasteiger partial charge in [-0.25, -0.2) is 9.67 Å². The predicted octanol–water partition coefficient (Wildman–Crippen LogP) is -1.11. The van der Waals surface area contributed by atoms with Gasteiger partial charge < -0.3 is 19.5 Å². The summed E-state index contributed by atoms with van der Waals surface area (Å²) in [6.45, 7) is 1.32. The number of rotatable bonds is 4. The first-order valence-electron chi connectivity index (χ1n) is 5.49. The Morgan fingerprint density at radius 1 is 1.63 bits per heavy atom. The van der Waals surface area contributed by atoms with E-state index in [0.717, 1.165) is 4.68 Å². The second-order valence-corrected chi connectivity index (χ2v) is 5.28. The molecule has 0 saturated carbocycles. The van der Waals surface area contributed by atoms with Gasteiger partial charge in [-0.3, -0.25) is 4.57 Å². The smallest absolute Gasteiger partial charge is 0.252 e. The number of nitriles is 1. The van der Waals surface area contributed by atoms with Crippen molar-refractivity contribution < 1.29 is 24.0 Å². The van der Waals surface area contributed by atoms with Crippen molar-refractivity contribution in [2.45, 2.75) is 24.5 Å². The highest BCUT2D eigenvalue weighted by Gasteiger charge is 2.44. The third-order valence-corrected chi connectivity index (χ3v) is 3.23. The summed E-state index contributed by atoms with van der Waals surface area (Å²) in [6.07, 6.45) is -2.98. The summed E-state index contributed by atoms with van der Waals surface area (Å²) in [5.41, 5.74) is 0. The molecule has 0 spiro atoms. The highest BCUT2D eigenvalue weighted by molar-refractivity contribution is 7.38. The van der Waals surface area contributed by atoms with E-state index in [1.54, 1.807) is 6.07 Å². The van der Waals surface area contributed by atoms with Crippen LogP contribution in [0.4, 0.5) is 0 Å². The lowest BCUT2D eigenvalue weighted by Gasteiger charge is -2.13. The van der Waals surface area contributed by atoms with Gasteiger partial charge in [-0.15, -0.1) is 5.10 Å². The van der Waals surface area contributed by atoms with Crippen LogP contribution in [0.15, 0.2) is 6.33 Å². The van der Waals surface area contributed by atoms with Gasteiger partial charge in [0.05, 0.1) is 6.61 Å². The molecule has 1 saturated heterocycles. The van der Waals surface area contributed by atoms with Crippen molar-refractivity contribution in [1.82, 2.24) is 14.8 Å². The maximum Gasteiger partial charge on any atom is 0.252 e. The molecule has 2 N–H and O–H groups in total. The van der Waals surface area contributed by atoms with E-state index >= 15 is 0 Å². The molecule has 0 amide bonds. The topological polar surface area (TPSA) is 130 Å². The molecule has 0 aliphatic carbocycles. The lowest BCUT2D eigenvalue weighted by atomic mass is 10.1. The third-order valence-electron chi connectivity index (χ3n) is 2.66. The lowest BCUT2D eigenvalue weighted by Crippen LogP contribution is -2.33. The number of nitrogens with zero attached hydrogens (tertiary/aromatic N) is 4. The van der Waals surface area contributed by atoms with Crippen molar-refractivity contribution in [2.24, 2.45) is 0 Å². The van der Waals surface area contributed by atoms with Gasteiger partial charge in [0.1, 0.15) is 30.7 Å². The zero-order valence-electron chi connectivity index (χ0n) is 10.0. The molecule has 2 heterocycles. The van der Waals surface area contributed by atoms with E-state index in [2.05, 4.69) is 10.1 Å². The van der Waals surface area contributed by atoms with Gasteiger partial charge in [0, 0.05) is 6.66 Å². The number of ether oxygens (including phenoxy) is 1. The van der Waals surface area contributed by atoms with Crippen molar-refractivity contribution in [2.75, 3.05) is 13.3 Å². The molecule has 1 aliphatic rings. The molecule has 1 fully saturated rings. The maximum absolute atomic E-state index is 10.9. The Balaban J connectivity index is 2.07. The average molecular weight is 288 g/mol. The Bertz CT molecular complexity index is 515. The van der Waals surface area contributed by atoms with E-state index in [9.17, 15) is 14.8 Å². The minimum absolute atomic E-state index is 0.0661. The summed E-state index contributed by atoms with van der Waals surface area (Å²) in [5.74, 6) is -0.0661. The van der Waals surface area contributed by atoms with Gasteiger partial charge >= 0.3 is 0 Å². The Kier molecular flexibility index (Phi) is 4.29. The molecule has 0 radical (unpaired) electrons. The highest BCUT2D eigenvalue weighted by atomic mass is 31.1. The van der Waals surface area contributed by atoms with Gasteiger partial charge in [0.15, 0.2) is 14.3 Å². The molecule has 1 aromatic heterocycles. The van der Waals surface area contributed by atoms with Crippen LogP contribution in [0.5, 0.6) is 0 Å². The van der Waals surface area contributed by atoms with Gasteiger partial charge in [-0.05, 0) is 0 Å². The summed E-state index contributed by atoms with van der Waals surface area (Å²) in [4.78, 5) is 3.68. The van der Waals surface area contributed by atoms with Crippen LogP contribution in [0.1, 0.15) is 12.1 Å². The third kappa shape index (κ3) is 3.00. The van der Waals surface area contributed by atoms with E-state index in [1.807, 2.05) is 0 Å². The molecule has 104 valence electrons. The molecule has 10 heteroatoms. The van der Waals surface area contributed by atoms with Crippen LogP contribution < -0.4 is 0 Å². The molecule has 1 aromatic rings. The average Bonchev–Trinajstić information content (AvgIpc) is 2.95. The van der Waals surface area contributed by atoms with Crippen molar-refractivity contribution >= 4 is 8.03 Å². The minimum atomic E-state index is -2.14. The number of hydrogen-bond acceptors (Lipinski definition) is 8. The van der Waals surface area contributed by atoms with Crippen molar-refractivity contribution in [3.8, 4) is 6.07 Å². The number of aliphatic hydroxyl groups excluding tert-OH is 2. The van der Waals surface area contributed by atoms with Crippen LogP contribution in [0.3, 0.4) is 0 Å². The molecule has 2 rings (SSSR count). The minimum Gasteiger partial charge on any atom is -0.387 e. The van der Waals surface area contributed by atoms with Crippen LogP contribution in [-0.2, 0) is 13.8 Å². The molecular weight excluding hydrogens is 275 g/mol. The van der Waals surface area contributed by atoms with E-state index in [0.29, 0.717) is 0 Å². The Labute approximate surface area is 109 Å².